The molecule has 0 amide bonds. The van der Waals surface area contributed by atoms with Crippen molar-refractivity contribution in [3.8, 4) is 0 Å². The number of hydrogen-bond acceptors (Lipinski definition) is 4. The minimum Gasteiger partial charge on any atom is -0.398 e. The van der Waals surface area contributed by atoms with Gasteiger partial charge in [0, 0.05) is 22.4 Å². The van der Waals surface area contributed by atoms with Crippen LogP contribution in [-0.4, -0.2) is 5.16 Å². The van der Waals surface area contributed by atoms with Crippen LogP contribution in [0.4, 0.5) is 5.69 Å². The fraction of sp³-hybridized carbons (Fsp3) is 0.182. The Morgan fingerprint density at radius 3 is 2.87 bits per heavy atom. The Labute approximate surface area is 92.6 Å². The molecule has 2 N–H and O–H groups in total. The van der Waals surface area contributed by atoms with Crippen LogP contribution in [0, 0.1) is 6.92 Å². The third-order valence-electron chi connectivity index (χ3n) is 1.97. The lowest BCUT2D eigenvalue weighted by Crippen LogP contribution is -1.88. The van der Waals surface area contributed by atoms with E-state index in [1.54, 1.807) is 11.8 Å². The third-order valence-corrected chi connectivity index (χ3v) is 3.09. The summed E-state index contributed by atoms with van der Waals surface area (Å²) in [6.07, 6.45) is 0. The first-order valence-corrected chi connectivity index (χ1v) is 5.64. The van der Waals surface area contributed by atoms with Gasteiger partial charge in [0.15, 0.2) is 0 Å². The van der Waals surface area contributed by atoms with E-state index >= 15 is 0 Å². The smallest absolute Gasteiger partial charge is 0.133 e. The molecule has 0 bridgehead atoms. The van der Waals surface area contributed by atoms with Gasteiger partial charge in [-0.3, -0.25) is 0 Å². The van der Waals surface area contributed by atoms with Crippen LogP contribution >= 0.6 is 11.8 Å². The van der Waals surface area contributed by atoms with Crippen LogP contribution < -0.4 is 5.73 Å². The van der Waals surface area contributed by atoms with Crippen molar-refractivity contribution in [3.05, 3.63) is 41.8 Å². The molecule has 1 heterocycles. The monoisotopic (exact) mass is 220 g/mol. The molecule has 1 aromatic carbocycles. The number of para-hydroxylation sites is 1. The lowest BCUT2D eigenvalue weighted by atomic mass is 10.3. The topological polar surface area (TPSA) is 52.0 Å². The van der Waals surface area contributed by atoms with Crippen molar-refractivity contribution in [3.63, 3.8) is 0 Å². The van der Waals surface area contributed by atoms with Gasteiger partial charge in [-0.2, -0.15) is 0 Å². The highest BCUT2D eigenvalue weighted by Gasteiger charge is 2.03. The van der Waals surface area contributed by atoms with Gasteiger partial charge < -0.3 is 10.3 Å². The van der Waals surface area contributed by atoms with Gasteiger partial charge in [-0.05, 0) is 19.1 Å². The lowest BCUT2D eigenvalue weighted by molar-refractivity contribution is 0.393. The number of nitrogens with zero attached hydrogens (tertiary/aromatic N) is 1. The van der Waals surface area contributed by atoms with E-state index in [2.05, 4.69) is 5.16 Å². The number of nitrogens with two attached hydrogens (primary N) is 1. The zero-order valence-electron chi connectivity index (χ0n) is 8.43. The SMILES string of the molecule is Cc1cc(CSc2ccccc2N)no1. The van der Waals surface area contributed by atoms with Crippen LogP contribution in [0.5, 0.6) is 0 Å². The van der Waals surface area contributed by atoms with Crippen molar-refractivity contribution in [2.45, 2.75) is 17.6 Å². The van der Waals surface area contributed by atoms with Gasteiger partial charge in [-0.15, -0.1) is 11.8 Å². The molecule has 2 aromatic rings. The Balaban J connectivity index is 2.02. The predicted octanol–water partition coefficient (Wildman–Crippen LogP) is 2.86. The van der Waals surface area contributed by atoms with E-state index in [4.69, 9.17) is 10.3 Å². The minimum atomic E-state index is 0.783. The Kier molecular flexibility index (Phi) is 2.97. The first kappa shape index (κ1) is 10.1. The third kappa shape index (κ3) is 2.53. The highest BCUT2D eigenvalue weighted by molar-refractivity contribution is 7.98. The molecule has 0 aliphatic heterocycles. The number of aryl methyl sites for hydroxylation is 1. The van der Waals surface area contributed by atoms with Crippen LogP contribution in [0.25, 0.3) is 0 Å². The summed E-state index contributed by atoms with van der Waals surface area (Å²) in [6.45, 7) is 1.89. The maximum atomic E-state index is 5.83. The van der Waals surface area contributed by atoms with Crippen molar-refractivity contribution in [2.75, 3.05) is 5.73 Å². The quantitative estimate of drug-likeness (QED) is 0.638. The van der Waals surface area contributed by atoms with Crippen LogP contribution in [0.2, 0.25) is 0 Å². The number of thioether (sulfide) groups is 1. The summed E-state index contributed by atoms with van der Waals surface area (Å²) >= 11 is 1.67. The van der Waals surface area contributed by atoms with Gasteiger partial charge in [-0.1, -0.05) is 17.3 Å². The van der Waals surface area contributed by atoms with Crippen molar-refractivity contribution < 1.29 is 4.52 Å². The van der Waals surface area contributed by atoms with Gasteiger partial charge in [0.2, 0.25) is 0 Å². The van der Waals surface area contributed by atoms with Crippen molar-refractivity contribution >= 4 is 17.4 Å². The zero-order chi connectivity index (χ0) is 10.7. The summed E-state index contributed by atoms with van der Waals surface area (Å²) in [5, 5.41) is 3.92. The molecule has 0 atom stereocenters. The maximum Gasteiger partial charge on any atom is 0.133 e. The Bertz CT molecular complexity index is 453. The minimum absolute atomic E-state index is 0.783. The molecule has 3 nitrogen and oxygen atoms in total. The highest BCUT2D eigenvalue weighted by atomic mass is 32.2. The average Bonchev–Trinajstić information content (AvgIpc) is 2.63. The summed E-state index contributed by atoms with van der Waals surface area (Å²) < 4.78 is 4.99. The van der Waals surface area contributed by atoms with Crippen LogP contribution in [0.15, 0.2) is 39.8 Å². The standard InChI is InChI=1S/C11H12N2OS/c1-8-6-9(13-14-8)7-15-11-5-3-2-4-10(11)12/h2-6H,7,12H2,1H3. The van der Waals surface area contributed by atoms with E-state index in [1.165, 1.54) is 0 Å². The number of hydrogen-bond donors (Lipinski definition) is 1. The first-order valence-electron chi connectivity index (χ1n) is 4.65. The van der Waals surface area contributed by atoms with Crippen molar-refractivity contribution in [1.82, 2.24) is 5.16 Å². The number of aromatic nitrogens is 1. The van der Waals surface area contributed by atoms with Gasteiger partial charge >= 0.3 is 0 Å². The molecule has 0 saturated carbocycles. The molecule has 0 saturated heterocycles. The second kappa shape index (κ2) is 4.40. The predicted molar refractivity (Wildman–Crippen MR) is 61.7 cm³/mol. The lowest BCUT2D eigenvalue weighted by Gasteiger charge is -2.02. The molecular weight excluding hydrogens is 208 g/mol. The van der Waals surface area contributed by atoms with Gasteiger partial charge in [0.05, 0.1) is 5.69 Å². The number of benzene rings is 1. The Morgan fingerprint density at radius 2 is 2.20 bits per heavy atom. The Morgan fingerprint density at radius 1 is 1.40 bits per heavy atom. The molecule has 0 unspecified atom stereocenters. The van der Waals surface area contributed by atoms with Crippen LogP contribution in [0.1, 0.15) is 11.5 Å². The van der Waals surface area contributed by atoms with Crippen LogP contribution in [0.3, 0.4) is 0 Å². The number of anilines is 1. The number of nitrogen functional groups attached to an aromatic ring is 1. The van der Waals surface area contributed by atoms with E-state index in [0.717, 1.165) is 27.8 Å². The largest absolute Gasteiger partial charge is 0.398 e. The van der Waals surface area contributed by atoms with E-state index in [-0.39, 0.29) is 0 Å². The summed E-state index contributed by atoms with van der Waals surface area (Å²) in [5.41, 5.74) is 7.58. The average molecular weight is 220 g/mol. The summed E-state index contributed by atoms with van der Waals surface area (Å²) in [6, 6.07) is 9.75. The fourth-order valence-corrected chi connectivity index (χ4v) is 2.10. The molecule has 0 spiro atoms. The van der Waals surface area contributed by atoms with Crippen molar-refractivity contribution in [2.24, 2.45) is 0 Å². The molecule has 4 heteroatoms. The zero-order valence-corrected chi connectivity index (χ0v) is 9.25. The van der Waals surface area contributed by atoms with Gasteiger partial charge in [0.25, 0.3) is 0 Å². The Hall–Kier alpha value is -1.42. The summed E-state index contributed by atoms with van der Waals surface area (Å²) in [7, 11) is 0. The molecular formula is C11H12N2OS. The molecule has 1 aromatic heterocycles. The normalized spacial score (nSPS) is 10.5. The van der Waals surface area contributed by atoms with Crippen molar-refractivity contribution in [1.29, 1.82) is 0 Å². The molecule has 0 fully saturated rings. The summed E-state index contributed by atoms with van der Waals surface area (Å²) in [5.74, 6) is 1.62. The van der Waals surface area contributed by atoms with E-state index < -0.39 is 0 Å². The molecule has 2 rings (SSSR count). The second-order valence-corrected chi connectivity index (χ2v) is 4.27. The molecule has 0 radical (unpaired) electrons. The molecule has 78 valence electrons. The fourth-order valence-electron chi connectivity index (χ4n) is 1.25. The molecule has 0 aliphatic rings. The second-order valence-electron chi connectivity index (χ2n) is 3.26. The number of rotatable bonds is 3. The summed E-state index contributed by atoms with van der Waals surface area (Å²) in [4.78, 5) is 1.08. The van der Waals surface area contributed by atoms with E-state index in [1.807, 2.05) is 37.3 Å². The van der Waals surface area contributed by atoms with Gasteiger partial charge in [0.1, 0.15) is 5.76 Å². The highest BCUT2D eigenvalue weighted by Crippen LogP contribution is 2.27. The first-order chi connectivity index (χ1) is 7.25. The maximum absolute atomic E-state index is 5.83. The van der Waals surface area contributed by atoms with Crippen LogP contribution in [-0.2, 0) is 5.75 Å². The van der Waals surface area contributed by atoms with E-state index in [0.29, 0.717) is 0 Å². The van der Waals surface area contributed by atoms with E-state index in [9.17, 15) is 0 Å². The molecule has 0 aliphatic carbocycles. The molecule has 15 heavy (non-hydrogen) atoms. The van der Waals surface area contributed by atoms with Gasteiger partial charge in [-0.25, -0.2) is 0 Å².